The van der Waals surface area contributed by atoms with E-state index in [1.807, 2.05) is 42.5 Å². The van der Waals surface area contributed by atoms with Gasteiger partial charge in [-0.3, -0.25) is 9.59 Å². The molecule has 1 N–H and O–H groups in total. The summed E-state index contributed by atoms with van der Waals surface area (Å²) in [5, 5.41) is 6.28. The molecule has 0 bridgehead atoms. The van der Waals surface area contributed by atoms with E-state index in [4.69, 9.17) is 8.94 Å². The summed E-state index contributed by atoms with van der Waals surface area (Å²) in [4.78, 5) is 25.6. The van der Waals surface area contributed by atoms with Crippen molar-refractivity contribution < 1.29 is 18.5 Å². The van der Waals surface area contributed by atoms with Crippen molar-refractivity contribution >= 4 is 17.6 Å². The SMILES string of the molecule is Cc1cc(NC(=O)CN(C)C(=O)CCc2ccc(-c3ccccc3)o2)no1. The number of anilines is 1. The standard InChI is InChI=1S/C20H21N3O4/c1-14-12-18(22-27-14)21-19(24)13-23(2)20(25)11-9-16-8-10-17(26-16)15-6-4-3-5-7-15/h3-8,10,12H,9,11,13H2,1-2H3,(H,21,22,24). The first kappa shape index (κ1) is 18.4. The van der Waals surface area contributed by atoms with Gasteiger partial charge in [-0.15, -0.1) is 0 Å². The number of benzene rings is 1. The molecule has 0 fully saturated rings. The molecule has 7 nitrogen and oxygen atoms in total. The molecule has 27 heavy (non-hydrogen) atoms. The number of nitrogens with zero attached hydrogens (tertiary/aromatic N) is 2. The summed E-state index contributed by atoms with van der Waals surface area (Å²) in [6, 6.07) is 15.2. The number of amides is 2. The highest BCUT2D eigenvalue weighted by molar-refractivity contribution is 5.93. The minimum Gasteiger partial charge on any atom is -0.461 e. The molecular weight excluding hydrogens is 346 g/mol. The summed E-state index contributed by atoms with van der Waals surface area (Å²) in [6.07, 6.45) is 0.731. The third-order valence-electron chi connectivity index (χ3n) is 4.01. The average Bonchev–Trinajstić information content (AvgIpc) is 3.29. The molecule has 1 aromatic carbocycles. The molecule has 140 valence electrons. The van der Waals surface area contributed by atoms with Crippen molar-refractivity contribution in [2.75, 3.05) is 18.9 Å². The van der Waals surface area contributed by atoms with Crippen LogP contribution in [0.3, 0.4) is 0 Å². The van der Waals surface area contributed by atoms with Gasteiger partial charge in [-0.2, -0.15) is 0 Å². The molecule has 3 rings (SSSR count). The predicted molar refractivity (Wildman–Crippen MR) is 100.0 cm³/mol. The number of carbonyl (C=O) groups is 2. The minimum atomic E-state index is -0.330. The van der Waals surface area contributed by atoms with Crippen LogP contribution in [0.25, 0.3) is 11.3 Å². The zero-order valence-electron chi connectivity index (χ0n) is 15.3. The van der Waals surface area contributed by atoms with Crippen LogP contribution >= 0.6 is 0 Å². The van der Waals surface area contributed by atoms with E-state index in [0.717, 1.165) is 17.1 Å². The lowest BCUT2D eigenvalue weighted by Gasteiger charge is -2.15. The van der Waals surface area contributed by atoms with Gasteiger partial charge in [0.25, 0.3) is 0 Å². The highest BCUT2D eigenvalue weighted by Gasteiger charge is 2.15. The van der Waals surface area contributed by atoms with Crippen molar-refractivity contribution in [2.24, 2.45) is 0 Å². The molecule has 2 aromatic heterocycles. The Hall–Kier alpha value is -3.35. The van der Waals surface area contributed by atoms with Crippen LogP contribution in [0.15, 0.2) is 57.5 Å². The molecule has 0 unspecified atom stereocenters. The zero-order valence-corrected chi connectivity index (χ0v) is 15.3. The normalized spacial score (nSPS) is 10.6. The van der Waals surface area contributed by atoms with Crippen LogP contribution in [0.4, 0.5) is 5.82 Å². The molecule has 0 radical (unpaired) electrons. The second-order valence-electron chi connectivity index (χ2n) is 6.25. The number of likely N-dealkylation sites (N-methyl/N-ethyl adjacent to an activating group) is 1. The van der Waals surface area contributed by atoms with Crippen LogP contribution in [0.2, 0.25) is 0 Å². The molecule has 0 saturated carbocycles. The number of hydrogen-bond acceptors (Lipinski definition) is 5. The first-order valence-electron chi connectivity index (χ1n) is 8.62. The van der Waals surface area contributed by atoms with E-state index in [-0.39, 0.29) is 24.8 Å². The number of nitrogens with one attached hydrogen (secondary N) is 1. The van der Waals surface area contributed by atoms with Crippen LogP contribution in [-0.4, -0.2) is 35.5 Å². The lowest BCUT2D eigenvalue weighted by molar-refractivity contribution is -0.133. The third-order valence-corrected chi connectivity index (χ3v) is 4.01. The number of aryl methyl sites for hydroxylation is 2. The summed E-state index contributed by atoms with van der Waals surface area (Å²) in [5.41, 5.74) is 0.993. The number of furan rings is 1. The molecule has 0 aliphatic rings. The molecule has 0 aliphatic carbocycles. The topological polar surface area (TPSA) is 88.6 Å². The van der Waals surface area contributed by atoms with Gasteiger partial charge in [-0.1, -0.05) is 35.5 Å². The molecule has 0 atom stereocenters. The zero-order chi connectivity index (χ0) is 19.2. The minimum absolute atomic E-state index is 0.0574. The molecule has 0 saturated heterocycles. The van der Waals surface area contributed by atoms with E-state index < -0.39 is 0 Å². The molecule has 2 heterocycles. The molecule has 0 aliphatic heterocycles. The quantitative estimate of drug-likeness (QED) is 0.692. The summed E-state index contributed by atoms with van der Waals surface area (Å²) in [6.45, 7) is 1.67. The van der Waals surface area contributed by atoms with Crippen LogP contribution < -0.4 is 5.32 Å². The Bertz CT molecular complexity index is 914. The second kappa shape index (κ2) is 8.35. The monoisotopic (exact) mass is 367 g/mol. The molecule has 2 amide bonds. The maximum absolute atomic E-state index is 12.3. The maximum atomic E-state index is 12.3. The smallest absolute Gasteiger partial charge is 0.245 e. The van der Waals surface area contributed by atoms with Crippen molar-refractivity contribution in [2.45, 2.75) is 19.8 Å². The summed E-state index contributed by atoms with van der Waals surface area (Å²) >= 11 is 0. The van der Waals surface area contributed by atoms with Crippen LogP contribution in [0.5, 0.6) is 0 Å². The largest absolute Gasteiger partial charge is 0.461 e. The van der Waals surface area contributed by atoms with Crippen molar-refractivity contribution in [3.8, 4) is 11.3 Å². The second-order valence-corrected chi connectivity index (χ2v) is 6.25. The van der Waals surface area contributed by atoms with Crippen molar-refractivity contribution in [3.63, 3.8) is 0 Å². The summed E-state index contributed by atoms with van der Waals surface area (Å²) < 4.78 is 10.7. The summed E-state index contributed by atoms with van der Waals surface area (Å²) in [7, 11) is 1.59. The Balaban J connectivity index is 1.47. The lowest BCUT2D eigenvalue weighted by atomic mass is 10.2. The van der Waals surface area contributed by atoms with E-state index in [2.05, 4.69) is 10.5 Å². The average molecular weight is 367 g/mol. The summed E-state index contributed by atoms with van der Waals surface area (Å²) in [5.74, 6) is 1.97. The predicted octanol–water partition coefficient (Wildman–Crippen LogP) is 3.27. The Morgan fingerprint density at radius 3 is 2.63 bits per heavy atom. The number of aromatic nitrogens is 1. The fraction of sp³-hybridized carbons (Fsp3) is 0.250. The van der Waals surface area contributed by atoms with Gasteiger partial charge in [-0.25, -0.2) is 0 Å². The van der Waals surface area contributed by atoms with Gasteiger partial charge >= 0.3 is 0 Å². The van der Waals surface area contributed by atoms with Crippen molar-refractivity contribution in [1.82, 2.24) is 10.1 Å². The number of hydrogen-bond donors (Lipinski definition) is 1. The van der Waals surface area contributed by atoms with Gasteiger partial charge in [0, 0.05) is 31.5 Å². The molecule has 3 aromatic rings. The molecular formula is C20H21N3O4. The Kier molecular flexibility index (Phi) is 5.71. The fourth-order valence-corrected chi connectivity index (χ4v) is 2.60. The van der Waals surface area contributed by atoms with E-state index in [9.17, 15) is 9.59 Å². The van der Waals surface area contributed by atoms with E-state index in [1.54, 1.807) is 20.0 Å². The first-order valence-corrected chi connectivity index (χ1v) is 8.62. The van der Waals surface area contributed by atoms with Crippen molar-refractivity contribution in [3.05, 3.63) is 60.1 Å². The Morgan fingerprint density at radius 2 is 1.93 bits per heavy atom. The van der Waals surface area contributed by atoms with Gasteiger partial charge in [0.2, 0.25) is 11.8 Å². The van der Waals surface area contributed by atoms with Crippen LogP contribution in [0, 0.1) is 6.92 Å². The third kappa shape index (κ3) is 5.07. The Morgan fingerprint density at radius 1 is 1.15 bits per heavy atom. The fourth-order valence-electron chi connectivity index (χ4n) is 2.60. The van der Waals surface area contributed by atoms with E-state index in [0.29, 0.717) is 18.0 Å². The van der Waals surface area contributed by atoms with Gasteiger partial charge in [0.1, 0.15) is 17.3 Å². The van der Waals surface area contributed by atoms with Crippen LogP contribution in [-0.2, 0) is 16.0 Å². The van der Waals surface area contributed by atoms with Gasteiger partial charge < -0.3 is 19.2 Å². The highest BCUT2D eigenvalue weighted by Crippen LogP contribution is 2.22. The Labute approximate surface area is 156 Å². The maximum Gasteiger partial charge on any atom is 0.245 e. The molecule has 0 spiro atoms. The van der Waals surface area contributed by atoms with Gasteiger partial charge in [0.15, 0.2) is 5.82 Å². The van der Waals surface area contributed by atoms with Crippen LogP contribution in [0.1, 0.15) is 17.9 Å². The van der Waals surface area contributed by atoms with Crippen molar-refractivity contribution in [1.29, 1.82) is 0 Å². The number of carbonyl (C=O) groups excluding carboxylic acids is 2. The van der Waals surface area contributed by atoms with E-state index >= 15 is 0 Å². The van der Waals surface area contributed by atoms with E-state index in [1.165, 1.54) is 4.90 Å². The van der Waals surface area contributed by atoms with Gasteiger partial charge in [0.05, 0.1) is 6.54 Å². The first-order chi connectivity index (χ1) is 13.0. The number of rotatable bonds is 7. The lowest BCUT2D eigenvalue weighted by Crippen LogP contribution is -2.35. The highest BCUT2D eigenvalue weighted by atomic mass is 16.5. The molecule has 7 heteroatoms. The van der Waals surface area contributed by atoms with Gasteiger partial charge in [-0.05, 0) is 19.1 Å².